The molecule has 11 heteroatoms. The number of hydrogen-bond acceptors (Lipinski definition) is 7. The number of rotatable bonds is 6. The first-order valence-corrected chi connectivity index (χ1v) is 9.07. The van der Waals surface area contributed by atoms with Gasteiger partial charge in [-0.25, -0.2) is 14.8 Å². The van der Waals surface area contributed by atoms with E-state index in [-0.39, 0.29) is 17.1 Å². The minimum Gasteiger partial charge on any atom is -0.384 e. The van der Waals surface area contributed by atoms with Crippen LogP contribution in [0.1, 0.15) is 23.7 Å². The number of nitrogens with one attached hydrogen (secondary N) is 2. The molecule has 3 rings (SSSR count). The molecule has 0 aliphatic rings. The van der Waals surface area contributed by atoms with Gasteiger partial charge < -0.3 is 10.7 Å². The van der Waals surface area contributed by atoms with E-state index in [9.17, 15) is 14.4 Å². The fourth-order valence-electron chi connectivity index (χ4n) is 2.43. The topological polar surface area (TPSA) is 140 Å². The zero-order chi connectivity index (χ0) is 18.8. The largest absolute Gasteiger partial charge is 0.384 e. The van der Waals surface area contributed by atoms with E-state index < -0.39 is 17.0 Å². The Labute approximate surface area is 156 Å². The minimum absolute atomic E-state index is 0.0782. The van der Waals surface area contributed by atoms with E-state index in [1.165, 1.54) is 10.8 Å². The van der Waals surface area contributed by atoms with Crippen LogP contribution < -0.4 is 17.0 Å². The number of carbonyl (C=O) groups is 1. The number of fused-ring (bicyclic) bond motifs is 1. The van der Waals surface area contributed by atoms with Crippen molar-refractivity contribution in [3.8, 4) is 0 Å². The number of hydrogen-bond donors (Lipinski definition) is 3. The van der Waals surface area contributed by atoms with Gasteiger partial charge in [0.05, 0.1) is 16.3 Å². The summed E-state index contributed by atoms with van der Waals surface area (Å²) in [6, 6.07) is 1.67. The number of Topliss-reactive ketones (excluding diaryl/α,β-unsaturated/α-hetero) is 1. The van der Waals surface area contributed by atoms with Gasteiger partial charge in [-0.2, -0.15) is 0 Å². The fraction of sp³-hybridized carbons (Fsp3) is 0.267. The summed E-state index contributed by atoms with van der Waals surface area (Å²) in [6.45, 7) is 2.17. The van der Waals surface area contributed by atoms with Gasteiger partial charge in [0, 0.05) is 12.7 Å². The van der Waals surface area contributed by atoms with Gasteiger partial charge in [0.1, 0.15) is 11.4 Å². The second-order valence-corrected chi connectivity index (χ2v) is 6.85. The zero-order valence-electron chi connectivity index (χ0n) is 13.7. The molecule has 0 radical (unpaired) electrons. The van der Waals surface area contributed by atoms with Crippen molar-refractivity contribution in [3.05, 3.63) is 43.7 Å². The molecular formula is C15H15ClN6O3S. The molecule has 0 bridgehead atoms. The minimum atomic E-state index is -0.788. The van der Waals surface area contributed by atoms with Crippen molar-refractivity contribution < 1.29 is 4.79 Å². The Morgan fingerprint density at radius 1 is 1.38 bits per heavy atom. The lowest BCUT2D eigenvalue weighted by atomic mass is 10.2. The molecule has 0 aliphatic carbocycles. The Morgan fingerprint density at radius 3 is 2.88 bits per heavy atom. The average Bonchev–Trinajstić information content (AvgIpc) is 2.98. The maximum atomic E-state index is 12.5. The molecule has 26 heavy (non-hydrogen) atoms. The lowest BCUT2D eigenvalue weighted by Gasteiger charge is -2.10. The SMILES string of the molecule is CCCn1c(N)c(C(=O)CSc2nc3ncc(Cl)cc3[nH]2)c(=O)[nH]c1=O. The summed E-state index contributed by atoms with van der Waals surface area (Å²) in [5, 5.41) is 0.922. The summed E-state index contributed by atoms with van der Waals surface area (Å²) in [7, 11) is 0. The molecule has 3 aromatic rings. The third-order valence-corrected chi connectivity index (χ3v) is 4.67. The van der Waals surface area contributed by atoms with Crippen molar-refractivity contribution in [2.75, 3.05) is 11.5 Å². The number of aromatic amines is 2. The number of nitrogens with two attached hydrogens (primary N) is 1. The van der Waals surface area contributed by atoms with Gasteiger partial charge in [-0.3, -0.25) is 19.1 Å². The van der Waals surface area contributed by atoms with Gasteiger partial charge in [-0.15, -0.1) is 0 Å². The Hall–Kier alpha value is -2.59. The highest BCUT2D eigenvalue weighted by molar-refractivity contribution is 7.99. The number of anilines is 1. The van der Waals surface area contributed by atoms with Crippen molar-refractivity contribution >= 4 is 46.1 Å². The van der Waals surface area contributed by atoms with Crippen LogP contribution in [-0.4, -0.2) is 36.0 Å². The quantitative estimate of drug-likeness (QED) is 0.424. The standard InChI is InChI=1S/C15H15ClN6O3S/c1-2-3-22-11(17)10(13(24)21-15(22)25)9(23)6-26-14-19-8-4-7(16)5-18-12(8)20-14/h4-5H,2-3,6,17H2,1H3,(H,18,19,20)(H,21,24,25). The molecule has 0 spiro atoms. The summed E-state index contributed by atoms with van der Waals surface area (Å²) in [5.74, 6) is -0.695. The van der Waals surface area contributed by atoms with Gasteiger partial charge in [0.2, 0.25) is 0 Å². The van der Waals surface area contributed by atoms with Crippen LogP contribution in [-0.2, 0) is 6.54 Å². The number of ketones is 1. The summed E-state index contributed by atoms with van der Waals surface area (Å²) >= 11 is 6.97. The van der Waals surface area contributed by atoms with Gasteiger partial charge in [-0.05, 0) is 12.5 Å². The maximum absolute atomic E-state index is 12.5. The number of imidazole rings is 1. The van der Waals surface area contributed by atoms with E-state index in [4.69, 9.17) is 17.3 Å². The third kappa shape index (κ3) is 3.51. The molecule has 3 aromatic heterocycles. The molecule has 0 aromatic carbocycles. The van der Waals surface area contributed by atoms with Gasteiger partial charge in [0.15, 0.2) is 16.6 Å². The van der Waals surface area contributed by atoms with Crippen LogP contribution in [0.5, 0.6) is 0 Å². The predicted octanol–water partition coefficient (Wildman–Crippen LogP) is 1.43. The monoisotopic (exact) mass is 394 g/mol. The Kier molecular flexibility index (Phi) is 5.14. The smallest absolute Gasteiger partial charge is 0.329 e. The number of pyridine rings is 1. The van der Waals surface area contributed by atoms with Crippen LogP contribution in [0.3, 0.4) is 0 Å². The van der Waals surface area contributed by atoms with Crippen LogP contribution >= 0.6 is 23.4 Å². The van der Waals surface area contributed by atoms with Crippen molar-refractivity contribution in [2.24, 2.45) is 0 Å². The van der Waals surface area contributed by atoms with Crippen LogP contribution in [0.15, 0.2) is 27.0 Å². The van der Waals surface area contributed by atoms with E-state index in [0.717, 1.165) is 11.8 Å². The van der Waals surface area contributed by atoms with Crippen molar-refractivity contribution in [1.29, 1.82) is 0 Å². The summed E-state index contributed by atoms with van der Waals surface area (Å²) in [5.41, 5.74) is 5.36. The highest BCUT2D eigenvalue weighted by atomic mass is 35.5. The van der Waals surface area contributed by atoms with Crippen LogP contribution in [0.4, 0.5) is 5.82 Å². The van der Waals surface area contributed by atoms with E-state index >= 15 is 0 Å². The van der Waals surface area contributed by atoms with Crippen LogP contribution in [0.25, 0.3) is 11.2 Å². The lowest BCUT2D eigenvalue weighted by Crippen LogP contribution is -2.36. The number of halogens is 1. The normalized spacial score (nSPS) is 11.2. The van der Waals surface area contributed by atoms with Crippen molar-refractivity contribution in [3.63, 3.8) is 0 Å². The summed E-state index contributed by atoms with van der Waals surface area (Å²) in [4.78, 5) is 49.8. The van der Waals surface area contributed by atoms with E-state index in [1.807, 2.05) is 6.92 Å². The molecule has 3 heterocycles. The van der Waals surface area contributed by atoms with Gasteiger partial charge in [-0.1, -0.05) is 30.3 Å². The molecule has 0 unspecified atom stereocenters. The van der Waals surface area contributed by atoms with Crippen LogP contribution in [0.2, 0.25) is 5.02 Å². The second-order valence-electron chi connectivity index (χ2n) is 5.45. The molecule has 4 N–H and O–H groups in total. The average molecular weight is 395 g/mol. The zero-order valence-corrected chi connectivity index (χ0v) is 15.3. The highest BCUT2D eigenvalue weighted by Gasteiger charge is 2.20. The number of carbonyl (C=O) groups excluding carboxylic acids is 1. The summed E-state index contributed by atoms with van der Waals surface area (Å²) in [6.07, 6.45) is 2.11. The third-order valence-electron chi connectivity index (χ3n) is 3.59. The second kappa shape index (κ2) is 7.34. The molecule has 9 nitrogen and oxygen atoms in total. The predicted molar refractivity (Wildman–Crippen MR) is 100.0 cm³/mol. The number of thioether (sulfide) groups is 1. The first kappa shape index (κ1) is 18.2. The molecule has 0 atom stereocenters. The molecule has 0 aliphatic heterocycles. The molecule has 0 saturated carbocycles. The van der Waals surface area contributed by atoms with Crippen molar-refractivity contribution in [1.82, 2.24) is 24.5 Å². The van der Waals surface area contributed by atoms with Crippen molar-refractivity contribution in [2.45, 2.75) is 25.0 Å². The van der Waals surface area contributed by atoms with Crippen LogP contribution in [0, 0.1) is 0 Å². The molecule has 0 amide bonds. The molecule has 136 valence electrons. The van der Waals surface area contributed by atoms with E-state index in [2.05, 4.69) is 19.9 Å². The van der Waals surface area contributed by atoms with Gasteiger partial charge >= 0.3 is 5.69 Å². The highest BCUT2D eigenvalue weighted by Crippen LogP contribution is 2.21. The fourth-order valence-corrected chi connectivity index (χ4v) is 3.33. The lowest BCUT2D eigenvalue weighted by molar-refractivity contribution is 0.102. The molecular weight excluding hydrogens is 380 g/mol. The Balaban J connectivity index is 1.84. The van der Waals surface area contributed by atoms with E-state index in [0.29, 0.717) is 34.3 Å². The molecule has 0 saturated heterocycles. The first-order chi connectivity index (χ1) is 12.4. The van der Waals surface area contributed by atoms with Gasteiger partial charge in [0.25, 0.3) is 5.56 Å². The number of nitrogen functional groups attached to an aromatic ring is 1. The maximum Gasteiger partial charge on any atom is 0.329 e. The van der Waals surface area contributed by atoms with E-state index in [1.54, 1.807) is 6.07 Å². The molecule has 0 fully saturated rings. The Morgan fingerprint density at radius 2 is 2.15 bits per heavy atom. The number of H-pyrrole nitrogens is 2. The summed E-state index contributed by atoms with van der Waals surface area (Å²) < 4.78 is 1.19. The number of aromatic nitrogens is 5. The first-order valence-electron chi connectivity index (χ1n) is 7.70. The number of nitrogens with zero attached hydrogens (tertiary/aromatic N) is 3. The Bertz CT molecular complexity index is 1100.